The molecule has 1 atom stereocenters. The molecule has 2 aliphatic heterocycles. The third-order valence-electron chi connectivity index (χ3n) is 5.26. The number of carbonyl (C=O) groups excluding carboxylic acids is 2. The minimum absolute atomic E-state index is 0.0469. The van der Waals surface area contributed by atoms with E-state index in [2.05, 4.69) is 0 Å². The van der Waals surface area contributed by atoms with Gasteiger partial charge in [-0.3, -0.25) is 19.7 Å². The number of anilines is 1. The number of hydrogen-bond acceptors (Lipinski definition) is 6. The van der Waals surface area contributed by atoms with Gasteiger partial charge in [-0.05, 0) is 31.2 Å². The van der Waals surface area contributed by atoms with Crippen molar-refractivity contribution in [2.24, 2.45) is 0 Å². The fraction of sp³-hybridized carbons (Fsp3) is 0.333. The zero-order valence-electron chi connectivity index (χ0n) is 16.4. The summed E-state index contributed by atoms with van der Waals surface area (Å²) in [7, 11) is 0. The van der Waals surface area contributed by atoms with E-state index in [1.807, 2.05) is 0 Å². The Kier molecular flexibility index (Phi) is 5.37. The Labute approximate surface area is 172 Å². The molecule has 2 heterocycles. The first-order valence-electron chi connectivity index (χ1n) is 9.65. The van der Waals surface area contributed by atoms with Crippen molar-refractivity contribution in [2.45, 2.75) is 13.0 Å². The van der Waals surface area contributed by atoms with Crippen molar-refractivity contribution < 1.29 is 24.0 Å². The summed E-state index contributed by atoms with van der Waals surface area (Å²) in [6.07, 6.45) is -0.832. The van der Waals surface area contributed by atoms with Crippen molar-refractivity contribution in [2.75, 3.05) is 37.7 Å². The van der Waals surface area contributed by atoms with E-state index in [4.69, 9.17) is 9.47 Å². The Balaban J connectivity index is 1.64. The highest BCUT2D eigenvalue weighted by Gasteiger charge is 2.36. The zero-order chi connectivity index (χ0) is 21.3. The van der Waals surface area contributed by atoms with Crippen LogP contribution in [0.25, 0.3) is 0 Å². The van der Waals surface area contributed by atoms with Crippen molar-refractivity contribution in [1.82, 2.24) is 4.90 Å². The number of amides is 2. The largest absolute Gasteiger partial charge is 0.476 e. The molecular weight excluding hydrogens is 390 g/mol. The molecule has 0 spiro atoms. The van der Waals surface area contributed by atoms with Crippen molar-refractivity contribution in [3.63, 3.8) is 0 Å². The van der Waals surface area contributed by atoms with Gasteiger partial charge in [-0.15, -0.1) is 0 Å². The van der Waals surface area contributed by atoms with E-state index in [0.717, 1.165) is 0 Å². The predicted molar refractivity (Wildman–Crippen MR) is 108 cm³/mol. The van der Waals surface area contributed by atoms with Crippen molar-refractivity contribution in [1.29, 1.82) is 0 Å². The maximum Gasteiger partial charge on any atom is 0.272 e. The lowest BCUT2D eigenvalue weighted by molar-refractivity contribution is -0.385. The van der Waals surface area contributed by atoms with Gasteiger partial charge < -0.3 is 19.3 Å². The highest BCUT2D eigenvalue weighted by molar-refractivity contribution is 6.08. The summed E-state index contributed by atoms with van der Waals surface area (Å²) in [5.74, 6) is -0.0867. The van der Waals surface area contributed by atoms with Crippen molar-refractivity contribution in [3.05, 3.63) is 63.7 Å². The molecule has 4 rings (SSSR count). The number of ether oxygens (including phenoxy) is 2. The van der Waals surface area contributed by atoms with Crippen LogP contribution in [-0.2, 0) is 9.53 Å². The van der Waals surface area contributed by atoms with Crippen LogP contribution in [0.1, 0.15) is 15.9 Å². The summed E-state index contributed by atoms with van der Waals surface area (Å²) < 4.78 is 11.2. The normalized spacial score (nSPS) is 18.4. The van der Waals surface area contributed by atoms with Gasteiger partial charge in [0.15, 0.2) is 6.10 Å². The summed E-state index contributed by atoms with van der Waals surface area (Å²) in [5, 5.41) is 11.1. The highest BCUT2D eigenvalue weighted by Crippen LogP contribution is 2.35. The lowest BCUT2D eigenvalue weighted by Gasteiger charge is -2.37. The van der Waals surface area contributed by atoms with E-state index in [0.29, 0.717) is 48.9 Å². The molecule has 2 aromatic carbocycles. The van der Waals surface area contributed by atoms with Crippen molar-refractivity contribution >= 4 is 23.2 Å². The molecule has 156 valence electrons. The van der Waals surface area contributed by atoms with Gasteiger partial charge in [0, 0.05) is 30.3 Å². The topological polar surface area (TPSA) is 102 Å². The molecule has 0 saturated carbocycles. The molecule has 2 aromatic rings. The summed E-state index contributed by atoms with van der Waals surface area (Å²) in [5.41, 5.74) is 1.22. The Hall–Kier alpha value is -3.46. The molecular formula is C21H21N3O6. The summed E-state index contributed by atoms with van der Waals surface area (Å²) in [4.78, 5) is 40.1. The van der Waals surface area contributed by atoms with E-state index in [1.54, 1.807) is 36.1 Å². The summed E-state index contributed by atoms with van der Waals surface area (Å²) in [6.45, 7) is 3.56. The van der Waals surface area contributed by atoms with E-state index in [-0.39, 0.29) is 24.0 Å². The van der Waals surface area contributed by atoms with Crippen LogP contribution in [0.2, 0.25) is 0 Å². The van der Waals surface area contributed by atoms with Gasteiger partial charge in [0.1, 0.15) is 5.75 Å². The Morgan fingerprint density at radius 3 is 2.57 bits per heavy atom. The van der Waals surface area contributed by atoms with E-state index in [1.165, 1.54) is 23.1 Å². The monoisotopic (exact) mass is 411 g/mol. The van der Waals surface area contributed by atoms with Crippen LogP contribution < -0.4 is 9.64 Å². The maximum absolute atomic E-state index is 13.3. The lowest BCUT2D eigenvalue weighted by Crippen LogP contribution is -2.54. The lowest BCUT2D eigenvalue weighted by atomic mass is 10.1. The number of aryl methyl sites for hydroxylation is 1. The van der Waals surface area contributed by atoms with Crippen molar-refractivity contribution in [3.8, 4) is 5.75 Å². The van der Waals surface area contributed by atoms with Crippen LogP contribution in [-0.4, -0.2) is 60.6 Å². The van der Waals surface area contributed by atoms with Gasteiger partial charge in [0.2, 0.25) is 0 Å². The second-order valence-electron chi connectivity index (χ2n) is 7.19. The molecule has 0 aromatic heterocycles. The third kappa shape index (κ3) is 3.71. The SMILES string of the molecule is Cc1cc(C(=O)N2C[C@@H](C(=O)N3CCOCC3)Oc3ccccc32)ccc1[N+](=O)[O-]. The predicted octanol–water partition coefficient (Wildman–Crippen LogP) is 2.17. The first-order chi connectivity index (χ1) is 14.5. The van der Waals surface area contributed by atoms with Crippen LogP contribution in [0, 0.1) is 17.0 Å². The van der Waals surface area contributed by atoms with Crippen LogP contribution in [0.5, 0.6) is 5.75 Å². The van der Waals surface area contributed by atoms with Gasteiger partial charge in [0.05, 0.1) is 30.4 Å². The number of nitro groups is 1. The number of nitrogens with zero attached hydrogens (tertiary/aromatic N) is 3. The summed E-state index contributed by atoms with van der Waals surface area (Å²) >= 11 is 0. The van der Waals surface area contributed by atoms with Crippen LogP contribution >= 0.6 is 0 Å². The van der Waals surface area contributed by atoms with Crippen LogP contribution in [0.3, 0.4) is 0 Å². The standard InChI is InChI=1S/C21H21N3O6/c1-14-12-15(6-7-16(14)24(27)28)20(25)23-13-19(21(26)22-8-10-29-11-9-22)30-18-5-3-2-4-17(18)23/h2-7,12,19H,8-11,13H2,1H3/t19-/m0/s1. The minimum atomic E-state index is -0.832. The molecule has 0 N–H and O–H groups in total. The number of hydrogen-bond donors (Lipinski definition) is 0. The van der Waals surface area contributed by atoms with Gasteiger partial charge >= 0.3 is 0 Å². The van der Waals surface area contributed by atoms with E-state index in [9.17, 15) is 19.7 Å². The second-order valence-corrected chi connectivity index (χ2v) is 7.19. The van der Waals surface area contributed by atoms with Gasteiger partial charge in [-0.2, -0.15) is 0 Å². The second kappa shape index (κ2) is 8.11. The smallest absolute Gasteiger partial charge is 0.272 e. The first-order valence-corrected chi connectivity index (χ1v) is 9.65. The summed E-state index contributed by atoms with van der Waals surface area (Å²) in [6, 6.07) is 11.3. The zero-order valence-corrected chi connectivity index (χ0v) is 16.4. The maximum atomic E-state index is 13.3. The molecule has 1 saturated heterocycles. The van der Waals surface area contributed by atoms with Gasteiger partial charge in [-0.25, -0.2) is 0 Å². The molecule has 9 nitrogen and oxygen atoms in total. The Morgan fingerprint density at radius 1 is 1.13 bits per heavy atom. The molecule has 0 unspecified atom stereocenters. The molecule has 2 amide bonds. The van der Waals surface area contributed by atoms with Crippen LogP contribution in [0.4, 0.5) is 11.4 Å². The number of nitro benzene ring substituents is 1. The number of benzene rings is 2. The first kappa shape index (κ1) is 19.8. The molecule has 0 radical (unpaired) electrons. The molecule has 0 aliphatic carbocycles. The molecule has 0 bridgehead atoms. The average Bonchev–Trinajstić information content (AvgIpc) is 2.77. The molecule has 9 heteroatoms. The molecule has 30 heavy (non-hydrogen) atoms. The fourth-order valence-electron chi connectivity index (χ4n) is 3.69. The van der Waals surface area contributed by atoms with Crippen LogP contribution in [0.15, 0.2) is 42.5 Å². The number of carbonyl (C=O) groups is 2. The van der Waals surface area contributed by atoms with E-state index >= 15 is 0 Å². The van der Waals surface area contributed by atoms with Gasteiger partial charge in [-0.1, -0.05) is 12.1 Å². The molecule has 1 fully saturated rings. The van der Waals surface area contributed by atoms with E-state index < -0.39 is 11.0 Å². The fourth-order valence-corrected chi connectivity index (χ4v) is 3.69. The Bertz CT molecular complexity index is 1000. The van der Waals surface area contributed by atoms with Gasteiger partial charge in [0.25, 0.3) is 17.5 Å². The molecule has 2 aliphatic rings. The number of fused-ring (bicyclic) bond motifs is 1. The number of para-hydroxylation sites is 2. The number of rotatable bonds is 3. The highest BCUT2D eigenvalue weighted by atomic mass is 16.6. The average molecular weight is 411 g/mol. The Morgan fingerprint density at radius 2 is 1.87 bits per heavy atom. The number of morpholine rings is 1. The third-order valence-corrected chi connectivity index (χ3v) is 5.26. The minimum Gasteiger partial charge on any atom is -0.476 e. The quantitative estimate of drug-likeness (QED) is 0.567.